The third-order valence-corrected chi connectivity index (χ3v) is 5.23. The Morgan fingerprint density at radius 1 is 1.40 bits per heavy atom. The molecule has 0 amide bonds. The number of aliphatic hydroxyl groups is 1. The molecule has 0 spiro atoms. The molecular formula is C12H23N3O4S. The summed E-state index contributed by atoms with van der Waals surface area (Å²) in [6, 6.07) is 0. The number of hydrogen-bond donors (Lipinski definition) is 1. The lowest BCUT2D eigenvalue weighted by molar-refractivity contribution is 0.185. The van der Waals surface area contributed by atoms with Gasteiger partial charge in [-0.05, 0) is 20.3 Å². The van der Waals surface area contributed by atoms with E-state index in [1.54, 1.807) is 18.5 Å². The molecule has 8 heteroatoms. The largest absolute Gasteiger partial charge is 0.396 e. The zero-order valence-electron chi connectivity index (χ0n) is 12.5. The maximum absolute atomic E-state index is 12.5. The first-order valence-electron chi connectivity index (χ1n) is 6.46. The molecule has 20 heavy (non-hydrogen) atoms. The van der Waals surface area contributed by atoms with Crippen molar-refractivity contribution in [2.24, 2.45) is 0 Å². The molecule has 0 saturated carbocycles. The average Bonchev–Trinajstić information content (AvgIpc) is 2.68. The molecule has 0 bridgehead atoms. The molecule has 0 aromatic carbocycles. The number of likely N-dealkylation sites (N-methyl/N-ethyl adjacent to an activating group) is 1. The van der Waals surface area contributed by atoms with E-state index in [1.165, 1.54) is 18.5 Å². The second kappa shape index (κ2) is 7.16. The number of aliphatic hydroxyl groups excluding tert-OH is 1. The van der Waals surface area contributed by atoms with Crippen molar-refractivity contribution in [3.8, 4) is 0 Å². The molecule has 7 nitrogen and oxygen atoms in total. The van der Waals surface area contributed by atoms with Gasteiger partial charge in [0, 0.05) is 33.9 Å². The van der Waals surface area contributed by atoms with Crippen LogP contribution < -0.4 is 0 Å². The summed E-state index contributed by atoms with van der Waals surface area (Å²) in [4.78, 5) is 0.244. The third-order valence-electron chi connectivity index (χ3n) is 3.12. The molecular weight excluding hydrogens is 282 g/mol. The van der Waals surface area contributed by atoms with Crippen LogP contribution in [0.1, 0.15) is 17.8 Å². The van der Waals surface area contributed by atoms with Crippen molar-refractivity contribution < 1.29 is 18.3 Å². The van der Waals surface area contributed by atoms with Gasteiger partial charge < -0.3 is 9.84 Å². The number of rotatable bonds is 8. The predicted octanol–water partition coefficient (Wildman–Crippen LogP) is 0.149. The lowest BCUT2D eigenvalue weighted by atomic mass is 10.4. The predicted molar refractivity (Wildman–Crippen MR) is 75.1 cm³/mol. The van der Waals surface area contributed by atoms with E-state index in [4.69, 9.17) is 9.84 Å². The van der Waals surface area contributed by atoms with E-state index in [-0.39, 0.29) is 11.5 Å². The molecule has 1 aromatic heterocycles. The van der Waals surface area contributed by atoms with Crippen LogP contribution in [0.25, 0.3) is 0 Å². The molecule has 0 aliphatic carbocycles. The van der Waals surface area contributed by atoms with Crippen molar-refractivity contribution in [2.45, 2.75) is 31.7 Å². The smallest absolute Gasteiger partial charge is 0.246 e. The SMILES string of the molecule is COCCN(C)S(=O)(=O)c1c(C)nn(CCCO)c1C. The highest BCUT2D eigenvalue weighted by Crippen LogP contribution is 2.22. The molecule has 1 heterocycles. The van der Waals surface area contributed by atoms with Gasteiger partial charge in [-0.1, -0.05) is 0 Å². The zero-order valence-corrected chi connectivity index (χ0v) is 13.3. The fourth-order valence-corrected chi connectivity index (χ4v) is 3.51. The highest BCUT2D eigenvalue weighted by Gasteiger charge is 2.28. The summed E-state index contributed by atoms with van der Waals surface area (Å²) in [6.45, 7) is 4.59. The molecule has 1 aromatic rings. The first kappa shape index (κ1) is 17.1. The average molecular weight is 305 g/mol. The maximum Gasteiger partial charge on any atom is 0.246 e. The minimum Gasteiger partial charge on any atom is -0.396 e. The molecule has 0 atom stereocenters. The second-order valence-corrected chi connectivity index (χ2v) is 6.60. The van der Waals surface area contributed by atoms with Crippen LogP contribution in [0.15, 0.2) is 4.90 Å². The van der Waals surface area contributed by atoms with Crippen molar-refractivity contribution in [1.29, 1.82) is 0 Å². The number of aryl methyl sites for hydroxylation is 2. The summed E-state index contributed by atoms with van der Waals surface area (Å²) in [5, 5.41) is 13.1. The van der Waals surface area contributed by atoms with Gasteiger partial charge >= 0.3 is 0 Å². The summed E-state index contributed by atoms with van der Waals surface area (Å²) in [7, 11) is -0.512. The standard InChI is InChI=1S/C12H23N3O4S/c1-10-12(11(2)15(13-10)6-5-8-16)20(17,18)14(3)7-9-19-4/h16H,5-9H2,1-4H3. The molecule has 0 unspecified atom stereocenters. The van der Waals surface area contributed by atoms with Crippen LogP contribution in [0, 0.1) is 13.8 Å². The molecule has 0 radical (unpaired) electrons. The van der Waals surface area contributed by atoms with Gasteiger partial charge in [-0.2, -0.15) is 9.40 Å². The van der Waals surface area contributed by atoms with Gasteiger partial charge in [0.05, 0.1) is 18.0 Å². The number of ether oxygens (including phenoxy) is 1. The summed E-state index contributed by atoms with van der Waals surface area (Å²) in [6.07, 6.45) is 0.543. The summed E-state index contributed by atoms with van der Waals surface area (Å²) in [5.74, 6) is 0. The lowest BCUT2D eigenvalue weighted by Gasteiger charge is -2.17. The molecule has 0 aliphatic rings. The van der Waals surface area contributed by atoms with Crippen LogP contribution in [-0.2, 0) is 21.3 Å². The maximum atomic E-state index is 12.5. The first-order valence-corrected chi connectivity index (χ1v) is 7.90. The van der Waals surface area contributed by atoms with E-state index in [1.807, 2.05) is 0 Å². The summed E-state index contributed by atoms with van der Waals surface area (Å²) >= 11 is 0. The minimum atomic E-state index is -3.57. The zero-order chi connectivity index (χ0) is 15.3. The van der Waals surface area contributed by atoms with Crippen LogP contribution in [-0.4, -0.2) is 61.5 Å². The normalized spacial score (nSPS) is 12.3. The summed E-state index contributed by atoms with van der Waals surface area (Å²) in [5.41, 5.74) is 1.07. The monoisotopic (exact) mass is 305 g/mol. The van der Waals surface area contributed by atoms with Crippen LogP contribution in [0.2, 0.25) is 0 Å². The Labute approximate surface area is 120 Å². The van der Waals surface area contributed by atoms with Gasteiger partial charge in [-0.25, -0.2) is 8.42 Å². The van der Waals surface area contributed by atoms with Crippen LogP contribution in [0.5, 0.6) is 0 Å². The van der Waals surface area contributed by atoms with Gasteiger partial charge in [0.1, 0.15) is 4.90 Å². The van der Waals surface area contributed by atoms with Crippen LogP contribution >= 0.6 is 0 Å². The van der Waals surface area contributed by atoms with Crippen LogP contribution in [0.3, 0.4) is 0 Å². The van der Waals surface area contributed by atoms with Crippen molar-refractivity contribution >= 4 is 10.0 Å². The van der Waals surface area contributed by atoms with Crippen molar-refractivity contribution in [2.75, 3.05) is 33.9 Å². The Bertz CT molecular complexity index is 539. The van der Waals surface area contributed by atoms with Gasteiger partial charge in [-0.15, -0.1) is 0 Å². The highest BCUT2D eigenvalue weighted by molar-refractivity contribution is 7.89. The number of nitrogens with zero attached hydrogens (tertiary/aromatic N) is 3. The summed E-state index contributed by atoms with van der Waals surface area (Å²) < 4.78 is 32.9. The van der Waals surface area contributed by atoms with E-state index in [9.17, 15) is 8.42 Å². The molecule has 0 aliphatic heterocycles. The van der Waals surface area contributed by atoms with E-state index in [0.717, 1.165) is 0 Å². The topological polar surface area (TPSA) is 84.7 Å². The van der Waals surface area contributed by atoms with Gasteiger partial charge in [0.25, 0.3) is 0 Å². The fraction of sp³-hybridized carbons (Fsp3) is 0.750. The van der Waals surface area contributed by atoms with Crippen molar-refractivity contribution in [3.63, 3.8) is 0 Å². The second-order valence-electron chi connectivity index (χ2n) is 4.62. The molecule has 1 N–H and O–H groups in total. The number of methoxy groups -OCH3 is 1. The highest BCUT2D eigenvalue weighted by atomic mass is 32.2. The Morgan fingerprint density at radius 3 is 2.60 bits per heavy atom. The third kappa shape index (κ3) is 3.57. The Morgan fingerprint density at radius 2 is 2.05 bits per heavy atom. The minimum absolute atomic E-state index is 0.0498. The fourth-order valence-electron chi connectivity index (χ4n) is 1.99. The Kier molecular flexibility index (Phi) is 6.12. The van der Waals surface area contributed by atoms with Crippen LogP contribution in [0.4, 0.5) is 0 Å². The number of hydrogen-bond acceptors (Lipinski definition) is 5. The van der Waals surface area contributed by atoms with E-state index >= 15 is 0 Å². The Balaban J connectivity index is 3.09. The van der Waals surface area contributed by atoms with E-state index in [2.05, 4.69) is 5.10 Å². The Hall–Kier alpha value is -0.960. The first-order chi connectivity index (χ1) is 9.36. The number of sulfonamides is 1. The molecule has 0 fully saturated rings. The van der Waals surface area contributed by atoms with E-state index in [0.29, 0.717) is 37.5 Å². The van der Waals surface area contributed by atoms with Crippen molar-refractivity contribution in [1.82, 2.24) is 14.1 Å². The molecule has 0 saturated heterocycles. The van der Waals surface area contributed by atoms with Gasteiger partial charge in [0.15, 0.2) is 0 Å². The van der Waals surface area contributed by atoms with Gasteiger partial charge in [0.2, 0.25) is 10.0 Å². The van der Waals surface area contributed by atoms with Crippen molar-refractivity contribution in [3.05, 3.63) is 11.4 Å². The quantitative estimate of drug-likeness (QED) is 0.739. The number of aromatic nitrogens is 2. The van der Waals surface area contributed by atoms with Gasteiger partial charge in [-0.3, -0.25) is 4.68 Å². The molecule has 116 valence electrons. The molecule has 1 rings (SSSR count). The van der Waals surface area contributed by atoms with E-state index < -0.39 is 10.0 Å². The lowest BCUT2D eigenvalue weighted by Crippen LogP contribution is -2.30.